The number of aliphatic carboxylic acids is 1. The highest BCUT2D eigenvalue weighted by molar-refractivity contribution is 7.89. The standard InChI is InChI=1S/C16H22ClNO5S/c1-2-15(16(19)20)23-11-12-10-13(6-7-14(12)17)24(21,22)18-8-4-3-5-9-18/h6-7,10,15H,2-5,8-9,11H2,1H3,(H,19,20). The van der Waals surface area contributed by atoms with E-state index in [9.17, 15) is 13.2 Å². The fraction of sp³-hybridized carbons (Fsp3) is 0.562. The lowest BCUT2D eigenvalue weighted by atomic mass is 10.2. The van der Waals surface area contributed by atoms with Crippen LogP contribution in [0.15, 0.2) is 23.1 Å². The summed E-state index contributed by atoms with van der Waals surface area (Å²) in [7, 11) is -3.56. The predicted molar refractivity (Wildman–Crippen MR) is 90.6 cm³/mol. The third-order valence-electron chi connectivity index (χ3n) is 4.06. The van der Waals surface area contributed by atoms with Crippen LogP contribution in [0.3, 0.4) is 0 Å². The number of rotatable bonds is 7. The number of nitrogens with zero attached hydrogens (tertiary/aromatic N) is 1. The number of halogens is 1. The van der Waals surface area contributed by atoms with Crippen molar-refractivity contribution in [1.82, 2.24) is 4.31 Å². The molecule has 1 aromatic carbocycles. The maximum Gasteiger partial charge on any atom is 0.332 e. The Hall–Kier alpha value is -1.15. The van der Waals surface area contributed by atoms with E-state index >= 15 is 0 Å². The number of carbonyl (C=O) groups is 1. The van der Waals surface area contributed by atoms with Crippen LogP contribution in [0.25, 0.3) is 0 Å². The first-order chi connectivity index (χ1) is 11.4. The molecule has 1 heterocycles. The quantitative estimate of drug-likeness (QED) is 0.792. The molecule has 1 aliphatic rings. The SMILES string of the molecule is CCC(OCc1cc(S(=O)(=O)N2CCCCC2)ccc1Cl)C(=O)O. The Balaban J connectivity index is 2.19. The highest BCUT2D eigenvalue weighted by atomic mass is 35.5. The zero-order valence-corrected chi connectivity index (χ0v) is 15.1. The van der Waals surface area contributed by atoms with Crippen molar-refractivity contribution in [1.29, 1.82) is 0 Å². The van der Waals surface area contributed by atoms with Crippen LogP contribution in [0.1, 0.15) is 38.2 Å². The molecule has 0 saturated carbocycles. The van der Waals surface area contributed by atoms with Crippen LogP contribution < -0.4 is 0 Å². The average molecular weight is 376 g/mol. The van der Waals surface area contributed by atoms with Crippen molar-refractivity contribution in [2.75, 3.05) is 13.1 Å². The van der Waals surface area contributed by atoms with Gasteiger partial charge in [-0.1, -0.05) is 24.9 Å². The molecule has 1 saturated heterocycles. The number of carboxylic acid groups (broad SMARTS) is 1. The van der Waals surface area contributed by atoms with E-state index in [2.05, 4.69) is 0 Å². The van der Waals surface area contributed by atoms with Crippen molar-refractivity contribution in [2.45, 2.75) is 50.2 Å². The summed E-state index contributed by atoms with van der Waals surface area (Å²) in [5.74, 6) is -1.05. The number of piperidine rings is 1. The molecule has 2 rings (SSSR count). The van der Waals surface area contributed by atoms with Crippen LogP contribution >= 0.6 is 11.6 Å². The second kappa shape index (κ2) is 8.29. The van der Waals surface area contributed by atoms with Gasteiger partial charge in [-0.05, 0) is 43.0 Å². The first-order valence-electron chi connectivity index (χ1n) is 7.99. The van der Waals surface area contributed by atoms with E-state index in [0.29, 0.717) is 30.1 Å². The Kier molecular flexibility index (Phi) is 6.62. The summed E-state index contributed by atoms with van der Waals surface area (Å²) < 4.78 is 32.2. The van der Waals surface area contributed by atoms with Crippen molar-refractivity contribution >= 4 is 27.6 Å². The third kappa shape index (κ3) is 4.47. The Morgan fingerprint density at radius 1 is 1.33 bits per heavy atom. The fourth-order valence-electron chi connectivity index (χ4n) is 2.63. The molecule has 1 fully saturated rings. The van der Waals surface area contributed by atoms with E-state index < -0.39 is 22.1 Å². The second-order valence-electron chi connectivity index (χ2n) is 5.76. The van der Waals surface area contributed by atoms with Gasteiger partial charge in [-0.15, -0.1) is 0 Å². The molecule has 0 aromatic heterocycles. The van der Waals surface area contributed by atoms with Crippen LogP contribution in [-0.4, -0.2) is 43.0 Å². The van der Waals surface area contributed by atoms with Gasteiger partial charge in [0.1, 0.15) is 0 Å². The van der Waals surface area contributed by atoms with Crippen molar-refractivity contribution < 1.29 is 23.1 Å². The van der Waals surface area contributed by atoms with E-state index in [-0.39, 0.29) is 11.5 Å². The van der Waals surface area contributed by atoms with E-state index in [1.54, 1.807) is 6.92 Å². The van der Waals surface area contributed by atoms with Crippen LogP contribution in [0, 0.1) is 0 Å². The number of carboxylic acids is 1. The summed E-state index contributed by atoms with van der Waals surface area (Å²) in [4.78, 5) is 11.2. The smallest absolute Gasteiger partial charge is 0.332 e. The van der Waals surface area contributed by atoms with Gasteiger partial charge in [0.15, 0.2) is 6.10 Å². The number of sulfonamides is 1. The number of hydrogen-bond donors (Lipinski definition) is 1. The average Bonchev–Trinajstić information content (AvgIpc) is 2.57. The van der Waals surface area contributed by atoms with E-state index in [1.807, 2.05) is 0 Å². The lowest BCUT2D eigenvalue weighted by Gasteiger charge is -2.26. The lowest BCUT2D eigenvalue weighted by Crippen LogP contribution is -2.35. The minimum Gasteiger partial charge on any atom is -0.479 e. The van der Waals surface area contributed by atoms with Gasteiger partial charge in [0.2, 0.25) is 10.0 Å². The van der Waals surface area contributed by atoms with Crippen LogP contribution in [0.5, 0.6) is 0 Å². The van der Waals surface area contributed by atoms with Gasteiger partial charge in [-0.2, -0.15) is 4.31 Å². The molecule has 1 aliphatic heterocycles. The molecule has 0 bridgehead atoms. The summed E-state index contributed by atoms with van der Waals surface area (Å²) in [6.45, 7) is 2.70. The van der Waals surface area contributed by atoms with E-state index in [0.717, 1.165) is 19.3 Å². The predicted octanol–water partition coefficient (Wildman–Crippen LogP) is 2.89. The summed E-state index contributed by atoms with van der Waals surface area (Å²) in [5.41, 5.74) is 0.467. The molecule has 24 heavy (non-hydrogen) atoms. The molecular weight excluding hydrogens is 354 g/mol. The Morgan fingerprint density at radius 3 is 2.58 bits per heavy atom. The zero-order valence-electron chi connectivity index (χ0n) is 13.6. The van der Waals surface area contributed by atoms with E-state index in [1.165, 1.54) is 22.5 Å². The highest BCUT2D eigenvalue weighted by Gasteiger charge is 2.26. The number of benzene rings is 1. The molecule has 0 amide bonds. The molecule has 1 N–H and O–H groups in total. The zero-order chi connectivity index (χ0) is 17.7. The molecular formula is C16H22ClNO5S. The molecule has 0 spiro atoms. The number of ether oxygens (including phenoxy) is 1. The summed E-state index contributed by atoms with van der Waals surface area (Å²) in [6.07, 6.45) is 2.14. The number of hydrogen-bond acceptors (Lipinski definition) is 4. The largest absolute Gasteiger partial charge is 0.479 e. The Bertz CT molecular complexity index is 686. The van der Waals surface area contributed by atoms with Crippen molar-refractivity contribution in [3.8, 4) is 0 Å². The molecule has 0 aliphatic carbocycles. The summed E-state index contributed by atoms with van der Waals surface area (Å²) in [6, 6.07) is 4.46. The normalized spacial score (nSPS) is 17.6. The lowest BCUT2D eigenvalue weighted by molar-refractivity contribution is -0.151. The maximum atomic E-state index is 12.7. The van der Waals surface area contributed by atoms with Gasteiger partial charge >= 0.3 is 5.97 Å². The highest BCUT2D eigenvalue weighted by Crippen LogP contribution is 2.26. The van der Waals surface area contributed by atoms with Crippen LogP contribution in [-0.2, 0) is 26.2 Å². The topological polar surface area (TPSA) is 83.9 Å². The monoisotopic (exact) mass is 375 g/mol. The van der Waals surface area contributed by atoms with Crippen molar-refractivity contribution in [3.05, 3.63) is 28.8 Å². The van der Waals surface area contributed by atoms with Gasteiger partial charge < -0.3 is 9.84 Å². The van der Waals surface area contributed by atoms with Gasteiger partial charge in [0, 0.05) is 18.1 Å². The minimum absolute atomic E-state index is 0.0486. The first-order valence-corrected chi connectivity index (χ1v) is 9.81. The van der Waals surface area contributed by atoms with Crippen molar-refractivity contribution in [2.24, 2.45) is 0 Å². The van der Waals surface area contributed by atoms with Crippen molar-refractivity contribution in [3.63, 3.8) is 0 Å². The second-order valence-corrected chi connectivity index (χ2v) is 8.11. The van der Waals surface area contributed by atoms with Gasteiger partial charge in [0.25, 0.3) is 0 Å². The Labute approximate surface area is 147 Å². The summed E-state index contributed by atoms with van der Waals surface area (Å²) in [5, 5.41) is 9.37. The maximum absolute atomic E-state index is 12.7. The molecule has 8 heteroatoms. The van der Waals surface area contributed by atoms with Crippen LogP contribution in [0.2, 0.25) is 5.02 Å². The molecule has 134 valence electrons. The third-order valence-corrected chi connectivity index (χ3v) is 6.32. The van der Waals surface area contributed by atoms with Gasteiger partial charge in [-0.25, -0.2) is 13.2 Å². The Morgan fingerprint density at radius 2 is 2.00 bits per heavy atom. The first kappa shape index (κ1) is 19.2. The van der Waals surface area contributed by atoms with Crippen LogP contribution in [0.4, 0.5) is 0 Å². The molecule has 1 unspecified atom stereocenters. The van der Waals surface area contributed by atoms with Gasteiger partial charge in [0.05, 0.1) is 11.5 Å². The fourth-order valence-corrected chi connectivity index (χ4v) is 4.37. The van der Waals surface area contributed by atoms with E-state index in [4.69, 9.17) is 21.4 Å². The molecule has 6 nitrogen and oxygen atoms in total. The molecule has 0 radical (unpaired) electrons. The minimum atomic E-state index is -3.56. The molecule has 1 atom stereocenters. The van der Waals surface area contributed by atoms with Gasteiger partial charge in [-0.3, -0.25) is 0 Å². The molecule has 1 aromatic rings. The summed E-state index contributed by atoms with van der Waals surface area (Å²) >= 11 is 6.10.